The number of carboxylic acids is 1. The summed E-state index contributed by atoms with van der Waals surface area (Å²) in [5, 5.41) is 10.1. The van der Waals surface area contributed by atoms with Crippen LogP contribution in [0.15, 0.2) is 24.4 Å². The van der Waals surface area contributed by atoms with Crippen molar-refractivity contribution in [3.05, 3.63) is 30.1 Å². The molecule has 0 bridgehead atoms. The molecule has 1 heterocycles. The maximum absolute atomic E-state index is 10.1. The van der Waals surface area contributed by atoms with Gasteiger partial charge in [0, 0.05) is 17.9 Å². The second-order valence-corrected chi connectivity index (χ2v) is 2.55. The number of aromatic nitrogens is 1. The van der Waals surface area contributed by atoms with E-state index >= 15 is 0 Å². The minimum atomic E-state index is -0.995. The van der Waals surface area contributed by atoms with Gasteiger partial charge in [0.05, 0.1) is 0 Å². The normalized spacial score (nSPS) is 9.67. The van der Waals surface area contributed by atoms with E-state index in [9.17, 15) is 9.90 Å². The Labute approximate surface area is 71.1 Å². The van der Waals surface area contributed by atoms with Crippen molar-refractivity contribution < 1.29 is 9.90 Å². The predicted octanol–water partition coefficient (Wildman–Crippen LogP) is 0.154. The van der Waals surface area contributed by atoms with E-state index in [-0.39, 0.29) is 6.42 Å². The molecule has 64 valence electrons. The van der Waals surface area contributed by atoms with Crippen molar-refractivity contribution >= 4 is 5.97 Å². The van der Waals surface area contributed by atoms with Gasteiger partial charge in [-0.1, -0.05) is 6.07 Å². The van der Waals surface area contributed by atoms with E-state index in [1.54, 1.807) is 6.20 Å². The number of carbonyl (C=O) groups is 1. The van der Waals surface area contributed by atoms with Gasteiger partial charge in [-0.15, -0.1) is 0 Å². The Bertz CT molecular complexity index is 246. The number of hydrogen-bond donors (Lipinski definition) is 0. The molecule has 3 nitrogen and oxygen atoms in total. The summed E-state index contributed by atoms with van der Waals surface area (Å²) in [5.41, 5.74) is 0.929. The molecule has 0 radical (unpaired) electrons. The van der Waals surface area contributed by atoms with E-state index in [0.29, 0.717) is 12.8 Å². The van der Waals surface area contributed by atoms with Crippen molar-refractivity contribution in [2.45, 2.75) is 19.3 Å². The quantitative estimate of drug-likeness (QED) is 0.636. The fraction of sp³-hybridized carbons (Fsp3) is 0.333. The lowest BCUT2D eigenvalue weighted by Gasteiger charge is -2.00. The minimum Gasteiger partial charge on any atom is -0.550 e. The van der Waals surface area contributed by atoms with Crippen LogP contribution in [0.2, 0.25) is 0 Å². The van der Waals surface area contributed by atoms with Gasteiger partial charge in [0.2, 0.25) is 0 Å². The van der Waals surface area contributed by atoms with Crippen LogP contribution in [0.1, 0.15) is 18.5 Å². The first-order chi connectivity index (χ1) is 5.79. The van der Waals surface area contributed by atoms with Gasteiger partial charge in [0.15, 0.2) is 0 Å². The molecule has 1 rings (SSSR count). The summed E-state index contributed by atoms with van der Waals surface area (Å²) in [6, 6.07) is 5.61. The molecule has 0 unspecified atom stereocenters. The van der Waals surface area contributed by atoms with Gasteiger partial charge in [0.1, 0.15) is 0 Å². The lowest BCUT2D eigenvalue weighted by molar-refractivity contribution is -0.305. The monoisotopic (exact) mass is 164 g/mol. The standard InChI is InChI=1S/C9H11NO2/c11-9(12)6-3-5-8-4-1-2-7-10-8/h1-2,4,7H,3,5-6H2,(H,11,12)/p-1. The zero-order valence-electron chi connectivity index (χ0n) is 6.69. The number of nitrogens with zero attached hydrogens (tertiary/aromatic N) is 1. The molecule has 0 saturated carbocycles. The molecule has 0 saturated heterocycles. The van der Waals surface area contributed by atoms with E-state index in [4.69, 9.17) is 0 Å². The van der Waals surface area contributed by atoms with Crippen LogP contribution in [0.25, 0.3) is 0 Å². The highest BCUT2D eigenvalue weighted by molar-refractivity contribution is 5.64. The fourth-order valence-electron chi connectivity index (χ4n) is 0.960. The Morgan fingerprint density at radius 3 is 2.92 bits per heavy atom. The third kappa shape index (κ3) is 3.14. The molecule has 0 atom stereocenters. The van der Waals surface area contributed by atoms with Crippen LogP contribution in [0.3, 0.4) is 0 Å². The van der Waals surface area contributed by atoms with Gasteiger partial charge in [-0.2, -0.15) is 0 Å². The van der Waals surface area contributed by atoms with Gasteiger partial charge < -0.3 is 9.90 Å². The highest BCUT2D eigenvalue weighted by Crippen LogP contribution is 1.99. The Kier molecular flexibility index (Phi) is 3.26. The van der Waals surface area contributed by atoms with Crippen molar-refractivity contribution in [1.82, 2.24) is 4.98 Å². The fourth-order valence-corrected chi connectivity index (χ4v) is 0.960. The van der Waals surface area contributed by atoms with Crippen LogP contribution in [0.4, 0.5) is 0 Å². The lowest BCUT2D eigenvalue weighted by Crippen LogP contribution is -2.21. The second-order valence-electron chi connectivity index (χ2n) is 2.55. The molecular weight excluding hydrogens is 154 g/mol. The third-order valence-corrected chi connectivity index (χ3v) is 1.54. The summed E-state index contributed by atoms with van der Waals surface area (Å²) < 4.78 is 0. The first-order valence-electron chi connectivity index (χ1n) is 3.89. The van der Waals surface area contributed by atoms with Crippen molar-refractivity contribution in [2.24, 2.45) is 0 Å². The predicted molar refractivity (Wildman–Crippen MR) is 42.2 cm³/mol. The highest BCUT2D eigenvalue weighted by Gasteiger charge is 1.92. The highest BCUT2D eigenvalue weighted by atomic mass is 16.4. The second kappa shape index (κ2) is 4.49. The molecule has 0 fully saturated rings. The average Bonchev–Trinajstić information content (AvgIpc) is 2.05. The minimum absolute atomic E-state index is 0.108. The van der Waals surface area contributed by atoms with Crippen LogP contribution in [-0.4, -0.2) is 11.0 Å². The molecule has 0 amide bonds. The molecule has 0 N–H and O–H groups in total. The summed E-state index contributed by atoms with van der Waals surface area (Å²) >= 11 is 0. The SMILES string of the molecule is O=C([O-])CCCc1ccccn1. The van der Waals surface area contributed by atoms with Crippen LogP contribution in [0.5, 0.6) is 0 Å². The molecule has 1 aromatic rings. The molecule has 3 heteroatoms. The van der Waals surface area contributed by atoms with Crippen molar-refractivity contribution in [1.29, 1.82) is 0 Å². The Balaban J connectivity index is 2.29. The largest absolute Gasteiger partial charge is 0.550 e. The van der Waals surface area contributed by atoms with E-state index in [2.05, 4.69) is 4.98 Å². The Hall–Kier alpha value is -1.38. The van der Waals surface area contributed by atoms with Crippen molar-refractivity contribution in [2.75, 3.05) is 0 Å². The number of hydrogen-bond acceptors (Lipinski definition) is 3. The lowest BCUT2D eigenvalue weighted by atomic mass is 10.2. The first-order valence-corrected chi connectivity index (χ1v) is 3.89. The van der Waals surface area contributed by atoms with Crippen LogP contribution >= 0.6 is 0 Å². The molecule has 0 aromatic carbocycles. The molecular formula is C9H10NO2-. The van der Waals surface area contributed by atoms with E-state index in [1.807, 2.05) is 18.2 Å². The Morgan fingerprint density at radius 2 is 2.33 bits per heavy atom. The maximum Gasteiger partial charge on any atom is 0.0414 e. The summed E-state index contributed by atoms with van der Waals surface area (Å²) in [5.74, 6) is -0.995. The molecule has 0 spiro atoms. The van der Waals surface area contributed by atoms with E-state index in [1.165, 1.54) is 0 Å². The van der Waals surface area contributed by atoms with Gasteiger partial charge >= 0.3 is 0 Å². The van der Waals surface area contributed by atoms with Crippen LogP contribution in [-0.2, 0) is 11.2 Å². The Morgan fingerprint density at radius 1 is 1.50 bits per heavy atom. The van der Waals surface area contributed by atoms with Gasteiger partial charge in [0.25, 0.3) is 0 Å². The van der Waals surface area contributed by atoms with Crippen molar-refractivity contribution in [3.63, 3.8) is 0 Å². The number of carboxylic acid groups (broad SMARTS) is 1. The summed E-state index contributed by atoms with van der Waals surface area (Å²) in [7, 11) is 0. The van der Waals surface area contributed by atoms with Crippen molar-refractivity contribution in [3.8, 4) is 0 Å². The third-order valence-electron chi connectivity index (χ3n) is 1.54. The maximum atomic E-state index is 10.1. The summed E-state index contributed by atoms with van der Waals surface area (Å²) in [6.45, 7) is 0. The topological polar surface area (TPSA) is 53.0 Å². The molecule has 1 aromatic heterocycles. The first kappa shape index (κ1) is 8.71. The van der Waals surface area contributed by atoms with Crippen LogP contribution < -0.4 is 5.11 Å². The number of aliphatic carboxylic acids is 1. The number of aryl methyl sites for hydroxylation is 1. The van der Waals surface area contributed by atoms with E-state index in [0.717, 1.165) is 5.69 Å². The summed E-state index contributed by atoms with van der Waals surface area (Å²) in [4.78, 5) is 14.1. The zero-order valence-corrected chi connectivity index (χ0v) is 6.69. The molecule has 12 heavy (non-hydrogen) atoms. The number of carbonyl (C=O) groups excluding carboxylic acids is 1. The van der Waals surface area contributed by atoms with E-state index < -0.39 is 5.97 Å². The number of pyridine rings is 1. The number of rotatable bonds is 4. The summed E-state index contributed by atoms with van der Waals surface area (Å²) in [6.07, 6.45) is 3.11. The smallest absolute Gasteiger partial charge is 0.0414 e. The molecule has 0 aliphatic rings. The molecule has 0 aliphatic carbocycles. The average molecular weight is 164 g/mol. The van der Waals surface area contributed by atoms with Gasteiger partial charge in [-0.3, -0.25) is 4.98 Å². The van der Waals surface area contributed by atoms with Gasteiger partial charge in [-0.25, -0.2) is 0 Å². The van der Waals surface area contributed by atoms with Crippen LogP contribution in [0, 0.1) is 0 Å². The van der Waals surface area contributed by atoms with Gasteiger partial charge in [-0.05, 0) is 31.4 Å². The molecule has 0 aliphatic heterocycles. The zero-order chi connectivity index (χ0) is 8.81.